The lowest BCUT2D eigenvalue weighted by atomic mass is 9.99. The van der Waals surface area contributed by atoms with Crippen molar-refractivity contribution in [1.29, 1.82) is 0 Å². The number of Topliss-reactive ketones (excluding diaryl/α,β-unsaturated/α-hetero) is 1. The van der Waals surface area contributed by atoms with Crippen LogP contribution in [0.3, 0.4) is 0 Å². The molecule has 2 N–H and O–H groups in total. The summed E-state index contributed by atoms with van der Waals surface area (Å²) in [6.07, 6.45) is 2.24. The van der Waals surface area contributed by atoms with Gasteiger partial charge in [0.05, 0.1) is 5.56 Å². The predicted octanol–water partition coefficient (Wildman–Crippen LogP) is 0.700. The standard InChI is InChI=1S/C15H19N3O4/c1-9(5-10(2)19)15(21)18-4-3-13-12(8-18)6-11(7-16-13)14(20)17-22/h6-7,9,22H,3-5,8H2,1-2H3,(H,17,20)/t9-/m0/s1. The van der Waals surface area contributed by atoms with Crippen LogP contribution in [0.15, 0.2) is 12.3 Å². The second-order valence-electron chi connectivity index (χ2n) is 5.59. The van der Waals surface area contributed by atoms with Gasteiger partial charge in [0.1, 0.15) is 5.78 Å². The Morgan fingerprint density at radius 1 is 1.45 bits per heavy atom. The number of fused-ring (bicyclic) bond motifs is 1. The first-order valence-electron chi connectivity index (χ1n) is 7.12. The molecule has 0 aliphatic carbocycles. The fraction of sp³-hybridized carbons (Fsp3) is 0.467. The molecular formula is C15H19N3O4. The van der Waals surface area contributed by atoms with Crippen molar-refractivity contribution in [2.24, 2.45) is 5.92 Å². The van der Waals surface area contributed by atoms with E-state index in [1.165, 1.54) is 13.1 Å². The van der Waals surface area contributed by atoms with Crippen LogP contribution in [0.1, 0.15) is 41.9 Å². The first kappa shape index (κ1) is 16.1. The van der Waals surface area contributed by atoms with Gasteiger partial charge in [0.2, 0.25) is 5.91 Å². The zero-order valence-electron chi connectivity index (χ0n) is 12.6. The largest absolute Gasteiger partial charge is 0.338 e. The Kier molecular flexibility index (Phi) is 4.87. The van der Waals surface area contributed by atoms with Gasteiger partial charge >= 0.3 is 0 Å². The molecule has 2 rings (SSSR count). The minimum absolute atomic E-state index is 0.0122. The summed E-state index contributed by atoms with van der Waals surface area (Å²) < 4.78 is 0. The number of ketones is 1. The number of pyridine rings is 1. The number of rotatable bonds is 4. The number of amides is 2. The maximum Gasteiger partial charge on any atom is 0.276 e. The van der Waals surface area contributed by atoms with Gasteiger partial charge in [-0.25, -0.2) is 5.48 Å². The van der Waals surface area contributed by atoms with Crippen molar-refractivity contribution >= 4 is 17.6 Å². The average Bonchev–Trinajstić information content (AvgIpc) is 2.51. The highest BCUT2D eigenvalue weighted by molar-refractivity contribution is 5.93. The van der Waals surface area contributed by atoms with Crippen molar-refractivity contribution in [2.45, 2.75) is 33.2 Å². The zero-order chi connectivity index (χ0) is 16.3. The molecule has 0 saturated heterocycles. The molecule has 0 unspecified atom stereocenters. The highest BCUT2D eigenvalue weighted by atomic mass is 16.5. The van der Waals surface area contributed by atoms with Gasteiger partial charge < -0.3 is 9.69 Å². The molecule has 2 amide bonds. The molecule has 2 heterocycles. The molecule has 1 aliphatic rings. The SMILES string of the molecule is CC(=O)C[C@H](C)C(=O)N1CCc2ncc(C(=O)NO)cc2C1. The topological polar surface area (TPSA) is 99.6 Å². The number of aromatic nitrogens is 1. The van der Waals surface area contributed by atoms with E-state index in [-0.39, 0.29) is 29.6 Å². The van der Waals surface area contributed by atoms with Crippen LogP contribution in [0.5, 0.6) is 0 Å². The molecule has 0 radical (unpaired) electrons. The van der Waals surface area contributed by atoms with Crippen molar-refractivity contribution in [3.63, 3.8) is 0 Å². The van der Waals surface area contributed by atoms with Gasteiger partial charge in [0.15, 0.2) is 0 Å². The van der Waals surface area contributed by atoms with Crippen molar-refractivity contribution in [1.82, 2.24) is 15.4 Å². The molecule has 7 nitrogen and oxygen atoms in total. The normalized spacial score (nSPS) is 15.0. The molecule has 1 atom stereocenters. The maximum absolute atomic E-state index is 12.4. The lowest BCUT2D eigenvalue weighted by Crippen LogP contribution is -2.40. The maximum atomic E-state index is 12.4. The van der Waals surface area contributed by atoms with E-state index >= 15 is 0 Å². The van der Waals surface area contributed by atoms with Crippen LogP contribution in [0, 0.1) is 5.92 Å². The summed E-state index contributed by atoms with van der Waals surface area (Å²) in [5.74, 6) is -1.07. The van der Waals surface area contributed by atoms with E-state index in [0.29, 0.717) is 19.5 Å². The summed E-state index contributed by atoms with van der Waals surface area (Å²) in [6.45, 7) is 4.12. The third kappa shape index (κ3) is 3.48. The smallest absolute Gasteiger partial charge is 0.276 e. The van der Waals surface area contributed by atoms with E-state index in [9.17, 15) is 14.4 Å². The van der Waals surface area contributed by atoms with E-state index in [0.717, 1.165) is 11.3 Å². The summed E-state index contributed by atoms with van der Waals surface area (Å²) in [7, 11) is 0. The van der Waals surface area contributed by atoms with Crippen molar-refractivity contribution in [3.05, 3.63) is 29.1 Å². The molecule has 0 aromatic carbocycles. The summed E-state index contributed by atoms with van der Waals surface area (Å²) in [6, 6.07) is 1.63. The lowest BCUT2D eigenvalue weighted by molar-refractivity contribution is -0.138. The monoisotopic (exact) mass is 305 g/mol. The summed E-state index contributed by atoms with van der Waals surface area (Å²) in [5.41, 5.74) is 3.44. The van der Waals surface area contributed by atoms with Crippen molar-refractivity contribution < 1.29 is 19.6 Å². The van der Waals surface area contributed by atoms with Gasteiger partial charge in [-0.3, -0.25) is 19.8 Å². The van der Waals surface area contributed by atoms with Gasteiger partial charge in [-0.05, 0) is 18.6 Å². The Morgan fingerprint density at radius 2 is 2.18 bits per heavy atom. The number of carbonyl (C=O) groups is 3. The van der Waals surface area contributed by atoms with Crippen LogP contribution in [-0.4, -0.2) is 39.2 Å². The van der Waals surface area contributed by atoms with E-state index < -0.39 is 5.91 Å². The lowest BCUT2D eigenvalue weighted by Gasteiger charge is -2.30. The fourth-order valence-corrected chi connectivity index (χ4v) is 2.63. The molecular weight excluding hydrogens is 286 g/mol. The van der Waals surface area contributed by atoms with E-state index in [2.05, 4.69) is 4.98 Å². The third-order valence-electron chi connectivity index (χ3n) is 3.73. The zero-order valence-corrected chi connectivity index (χ0v) is 12.6. The number of carbonyl (C=O) groups excluding carboxylic acids is 3. The molecule has 0 fully saturated rings. The Morgan fingerprint density at radius 3 is 2.82 bits per heavy atom. The molecule has 1 aliphatic heterocycles. The van der Waals surface area contributed by atoms with Crippen LogP contribution in [-0.2, 0) is 22.6 Å². The first-order valence-corrected chi connectivity index (χ1v) is 7.12. The van der Waals surface area contributed by atoms with Crippen LogP contribution >= 0.6 is 0 Å². The van der Waals surface area contributed by atoms with Gasteiger partial charge in [-0.15, -0.1) is 0 Å². The summed E-state index contributed by atoms with van der Waals surface area (Å²) in [5, 5.41) is 8.67. The van der Waals surface area contributed by atoms with Crippen LogP contribution < -0.4 is 5.48 Å². The Balaban J connectivity index is 2.14. The van der Waals surface area contributed by atoms with Crippen LogP contribution in [0.2, 0.25) is 0 Å². The Labute approximate surface area is 128 Å². The molecule has 0 saturated carbocycles. The molecule has 22 heavy (non-hydrogen) atoms. The highest BCUT2D eigenvalue weighted by Gasteiger charge is 2.26. The van der Waals surface area contributed by atoms with Gasteiger partial charge in [0.25, 0.3) is 5.91 Å². The number of nitrogens with one attached hydrogen (secondary N) is 1. The average molecular weight is 305 g/mol. The number of hydrogen-bond donors (Lipinski definition) is 2. The number of hydroxylamine groups is 1. The van der Waals surface area contributed by atoms with Crippen molar-refractivity contribution in [2.75, 3.05) is 6.54 Å². The van der Waals surface area contributed by atoms with E-state index in [1.54, 1.807) is 23.4 Å². The van der Waals surface area contributed by atoms with Crippen LogP contribution in [0.25, 0.3) is 0 Å². The van der Waals surface area contributed by atoms with Crippen molar-refractivity contribution in [3.8, 4) is 0 Å². The number of hydrogen-bond acceptors (Lipinski definition) is 5. The Hall–Kier alpha value is -2.28. The first-order chi connectivity index (χ1) is 10.4. The van der Waals surface area contributed by atoms with Gasteiger partial charge in [-0.2, -0.15) is 0 Å². The third-order valence-corrected chi connectivity index (χ3v) is 3.73. The molecule has 0 bridgehead atoms. The van der Waals surface area contributed by atoms with E-state index in [4.69, 9.17) is 5.21 Å². The predicted molar refractivity (Wildman–Crippen MR) is 77.1 cm³/mol. The number of nitrogens with zero attached hydrogens (tertiary/aromatic N) is 2. The highest BCUT2D eigenvalue weighted by Crippen LogP contribution is 2.20. The Bertz CT molecular complexity index is 615. The minimum Gasteiger partial charge on any atom is -0.338 e. The fourth-order valence-electron chi connectivity index (χ4n) is 2.63. The summed E-state index contributed by atoms with van der Waals surface area (Å²) in [4.78, 5) is 40.8. The molecule has 118 valence electrons. The summed E-state index contributed by atoms with van der Waals surface area (Å²) >= 11 is 0. The second-order valence-corrected chi connectivity index (χ2v) is 5.59. The second kappa shape index (κ2) is 6.65. The molecule has 0 spiro atoms. The van der Waals surface area contributed by atoms with Gasteiger partial charge in [-0.1, -0.05) is 6.92 Å². The quantitative estimate of drug-likeness (QED) is 0.630. The van der Waals surface area contributed by atoms with Crippen LogP contribution in [0.4, 0.5) is 0 Å². The molecule has 1 aromatic rings. The van der Waals surface area contributed by atoms with Gasteiger partial charge in [0, 0.05) is 43.7 Å². The molecule has 1 aromatic heterocycles. The van der Waals surface area contributed by atoms with E-state index in [1.807, 2.05) is 0 Å². The molecule has 7 heteroatoms. The minimum atomic E-state index is -0.635.